The second-order valence-corrected chi connectivity index (χ2v) is 13.4. The maximum atomic E-state index is 14.5. The second-order valence-electron chi connectivity index (χ2n) is 12.4. The highest BCUT2D eigenvalue weighted by Crippen LogP contribution is 2.21. The molecule has 0 saturated carbocycles. The Morgan fingerprint density at radius 1 is 0.915 bits per heavy atom. The first-order valence-corrected chi connectivity index (χ1v) is 16.3. The van der Waals surface area contributed by atoms with Gasteiger partial charge >= 0.3 is 6.09 Å². The van der Waals surface area contributed by atoms with Crippen molar-refractivity contribution in [3.05, 3.63) is 118 Å². The molecule has 2 N–H and O–H groups in total. The van der Waals surface area contributed by atoms with E-state index in [1.807, 2.05) is 73.0 Å². The molecule has 0 aliphatic rings. The van der Waals surface area contributed by atoms with Gasteiger partial charge in [0.2, 0.25) is 11.8 Å². The Balaban J connectivity index is 1.44. The monoisotopic (exact) mass is 653 g/mol. The SMILES string of the molecule is Cc1nc(CN(Cc2ccc3occc3c2)C(=O)[C@H](Cc2ccccc2)NC(=O)[C@H](Cc2cccnc2)NC(=O)OC(C)(C)C)cs1. The van der Waals surface area contributed by atoms with E-state index in [4.69, 9.17) is 9.15 Å². The largest absolute Gasteiger partial charge is 0.464 e. The van der Waals surface area contributed by atoms with Gasteiger partial charge in [-0.25, -0.2) is 9.78 Å². The van der Waals surface area contributed by atoms with Gasteiger partial charge in [-0.1, -0.05) is 42.5 Å². The summed E-state index contributed by atoms with van der Waals surface area (Å²) in [4.78, 5) is 51.9. The standard InChI is InChI=1S/C36H39N5O5S/c1-24-38-29(23-47-24)22-41(21-27-12-13-32-28(17-27)14-16-45-32)34(43)31(18-25-9-6-5-7-10-25)39-33(42)30(19-26-11-8-15-37-20-26)40-35(44)46-36(2,3)4/h5-17,20,23,30-31H,18-19,21-22H2,1-4H3,(H,39,42)(H,40,44)/t30-,31-/m0/s1. The fourth-order valence-corrected chi connectivity index (χ4v) is 5.78. The third kappa shape index (κ3) is 9.73. The number of hydrogen-bond acceptors (Lipinski definition) is 8. The topological polar surface area (TPSA) is 127 Å². The van der Waals surface area contributed by atoms with Crippen LogP contribution in [0, 0.1) is 6.92 Å². The van der Waals surface area contributed by atoms with Crippen LogP contribution in [0.2, 0.25) is 0 Å². The number of carbonyl (C=O) groups excluding carboxylic acids is 3. The van der Waals surface area contributed by atoms with Crippen molar-refractivity contribution in [2.75, 3.05) is 0 Å². The third-order valence-corrected chi connectivity index (χ3v) is 8.11. The second kappa shape index (κ2) is 15.0. The predicted molar refractivity (Wildman–Crippen MR) is 180 cm³/mol. The van der Waals surface area contributed by atoms with Crippen LogP contribution < -0.4 is 10.6 Å². The summed E-state index contributed by atoms with van der Waals surface area (Å²) in [6, 6.07) is 18.8. The summed E-state index contributed by atoms with van der Waals surface area (Å²) < 4.78 is 11.0. The number of alkyl carbamates (subject to hydrolysis) is 1. The van der Waals surface area contributed by atoms with Crippen LogP contribution in [-0.2, 0) is 40.3 Å². The number of fused-ring (bicyclic) bond motifs is 1. The molecular weight excluding hydrogens is 614 g/mol. The lowest BCUT2D eigenvalue weighted by atomic mass is 10.0. The lowest BCUT2D eigenvalue weighted by Crippen LogP contribution is -2.56. The molecule has 0 radical (unpaired) electrons. The highest BCUT2D eigenvalue weighted by molar-refractivity contribution is 7.09. The molecule has 3 amide bonds. The van der Waals surface area contributed by atoms with Crippen LogP contribution in [-0.4, -0.2) is 50.5 Å². The summed E-state index contributed by atoms with van der Waals surface area (Å²) in [5, 5.41) is 9.46. The van der Waals surface area contributed by atoms with Crippen molar-refractivity contribution in [2.45, 2.75) is 71.3 Å². The molecule has 0 fully saturated rings. The molecule has 0 aliphatic carbocycles. The number of carbonyl (C=O) groups is 3. The number of amides is 3. The van der Waals surface area contributed by atoms with Crippen molar-refractivity contribution in [3.63, 3.8) is 0 Å². The van der Waals surface area contributed by atoms with Crippen LogP contribution >= 0.6 is 11.3 Å². The van der Waals surface area contributed by atoms with Crippen molar-refractivity contribution in [3.8, 4) is 0 Å². The molecule has 10 nitrogen and oxygen atoms in total. The molecule has 2 atom stereocenters. The number of hydrogen-bond donors (Lipinski definition) is 2. The van der Waals surface area contributed by atoms with E-state index in [1.54, 1.807) is 50.4 Å². The molecule has 0 saturated heterocycles. The van der Waals surface area contributed by atoms with Gasteiger partial charge in [-0.2, -0.15) is 0 Å². The van der Waals surface area contributed by atoms with Crippen molar-refractivity contribution in [2.24, 2.45) is 0 Å². The van der Waals surface area contributed by atoms with Gasteiger partial charge < -0.3 is 24.7 Å². The molecule has 47 heavy (non-hydrogen) atoms. The Bertz CT molecular complexity index is 1800. The van der Waals surface area contributed by atoms with E-state index in [1.165, 1.54) is 11.3 Å². The van der Waals surface area contributed by atoms with Crippen LogP contribution in [0.4, 0.5) is 4.79 Å². The Labute approximate surface area is 278 Å². The van der Waals surface area contributed by atoms with Gasteiger partial charge in [0.15, 0.2) is 0 Å². The molecular formula is C36H39N5O5S. The van der Waals surface area contributed by atoms with Gasteiger partial charge in [0.25, 0.3) is 0 Å². The maximum absolute atomic E-state index is 14.5. The van der Waals surface area contributed by atoms with E-state index in [0.29, 0.717) is 0 Å². The third-order valence-electron chi connectivity index (χ3n) is 7.29. The average molecular weight is 654 g/mol. The smallest absolute Gasteiger partial charge is 0.408 e. The van der Waals surface area contributed by atoms with Gasteiger partial charge in [-0.3, -0.25) is 14.6 Å². The van der Waals surface area contributed by atoms with Crippen molar-refractivity contribution in [1.82, 2.24) is 25.5 Å². The summed E-state index contributed by atoms with van der Waals surface area (Å²) in [5.41, 5.74) is 3.28. The number of furan rings is 1. The lowest BCUT2D eigenvalue weighted by Gasteiger charge is -2.29. The van der Waals surface area contributed by atoms with E-state index in [2.05, 4.69) is 20.6 Å². The summed E-state index contributed by atoms with van der Waals surface area (Å²) in [6.45, 7) is 7.71. The predicted octanol–water partition coefficient (Wildman–Crippen LogP) is 5.99. The van der Waals surface area contributed by atoms with Gasteiger partial charge in [0, 0.05) is 42.5 Å². The van der Waals surface area contributed by atoms with E-state index in [9.17, 15) is 14.4 Å². The Morgan fingerprint density at radius 3 is 2.38 bits per heavy atom. The number of aromatic nitrogens is 2. The van der Waals surface area contributed by atoms with Gasteiger partial charge in [0.05, 0.1) is 23.5 Å². The van der Waals surface area contributed by atoms with Crippen molar-refractivity contribution >= 4 is 40.2 Å². The van der Waals surface area contributed by atoms with E-state index < -0.39 is 29.7 Å². The molecule has 0 unspecified atom stereocenters. The number of benzene rings is 2. The summed E-state index contributed by atoms with van der Waals surface area (Å²) in [5.74, 6) is -0.796. The zero-order valence-corrected chi connectivity index (χ0v) is 27.8. The Kier molecular flexibility index (Phi) is 10.7. The maximum Gasteiger partial charge on any atom is 0.408 e. The van der Waals surface area contributed by atoms with Crippen LogP contribution in [0.3, 0.4) is 0 Å². The molecule has 5 aromatic rings. The van der Waals surface area contributed by atoms with Crippen LogP contribution in [0.1, 0.15) is 48.2 Å². The number of nitrogens with one attached hydrogen (secondary N) is 2. The minimum Gasteiger partial charge on any atom is -0.464 e. The number of aryl methyl sites for hydroxylation is 1. The highest BCUT2D eigenvalue weighted by Gasteiger charge is 2.31. The van der Waals surface area contributed by atoms with Crippen molar-refractivity contribution in [1.29, 1.82) is 0 Å². The number of pyridine rings is 1. The fourth-order valence-electron chi connectivity index (χ4n) is 5.18. The molecule has 11 heteroatoms. The lowest BCUT2D eigenvalue weighted by molar-refractivity contribution is -0.138. The average Bonchev–Trinajstić information content (AvgIpc) is 3.68. The molecule has 0 spiro atoms. The molecule has 0 bridgehead atoms. The first kappa shape index (κ1) is 33.3. The zero-order chi connectivity index (χ0) is 33.4. The van der Waals surface area contributed by atoms with Gasteiger partial charge in [-0.15, -0.1) is 11.3 Å². The Hall–Kier alpha value is -5.03. The van der Waals surface area contributed by atoms with E-state index in [0.717, 1.165) is 38.4 Å². The van der Waals surface area contributed by atoms with E-state index >= 15 is 0 Å². The first-order valence-electron chi connectivity index (χ1n) is 15.4. The number of ether oxygens (including phenoxy) is 1. The first-order chi connectivity index (χ1) is 22.5. The number of thiazole rings is 1. The minimum atomic E-state index is -1.03. The van der Waals surface area contributed by atoms with Gasteiger partial charge in [0.1, 0.15) is 23.3 Å². The molecule has 5 rings (SSSR count). The summed E-state index contributed by atoms with van der Waals surface area (Å²) in [7, 11) is 0. The molecule has 3 aromatic heterocycles. The van der Waals surface area contributed by atoms with Crippen LogP contribution in [0.15, 0.2) is 95.2 Å². The van der Waals surface area contributed by atoms with Crippen molar-refractivity contribution < 1.29 is 23.5 Å². The molecule has 0 aliphatic heterocycles. The number of rotatable bonds is 12. The van der Waals surface area contributed by atoms with E-state index in [-0.39, 0.29) is 31.8 Å². The molecule has 3 heterocycles. The van der Waals surface area contributed by atoms with Crippen LogP contribution in [0.25, 0.3) is 11.0 Å². The molecule has 244 valence electrons. The fraction of sp³-hybridized carbons (Fsp3) is 0.306. The zero-order valence-electron chi connectivity index (χ0n) is 26.9. The Morgan fingerprint density at radius 2 is 1.68 bits per heavy atom. The summed E-state index contributed by atoms with van der Waals surface area (Å²) >= 11 is 1.51. The summed E-state index contributed by atoms with van der Waals surface area (Å²) in [6.07, 6.45) is 4.56. The normalized spacial score (nSPS) is 12.7. The van der Waals surface area contributed by atoms with Crippen LogP contribution in [0.5, 0.6) is 0 Å². The molecule has 2 aromatic carbocycles. The quantitative estimate of drug-likeness (QED) is 0.170. The number of nitrogens with zero attached hydrogens (tertiary/aromatic N) is 3. The minimum absolute atomic E-state index is 0.150. The van der Waals surface area contributed by atoms with Gasteiger partial charge in [-0.05, 0) is 68.7 Å². The highest BCUT2D eigenvalue weighted by atomic mass is 32.1.